The molecular weight excluding hydrogens is 284 g/mol. The van der Waals surface area contributed by atoms with Gasteiger partial charge >= 0.3 is 5.69 Å². The fourth-order valence-electron chi connectivity index (χ4n) is 1.51. The van der Waals surface area contributed by atoms with E-state index in [0.717, 1.165) is 15.8 Å². The molecule has 0 bridgehead atoms. The average Bonchev–Trinajstić information content (AvgIpc) is 2.32. The summed E-state index contributed by atoms with van der Waals surface area (Å²) in [5, 5.41) is 0. The molecule has 17 heavy (non-hydrogen) atoms. The van der Waals surface area contributed by atoms with Crippen molar-refractivity contribution in [1.29, 1.82) is 0 Å². The zero-order valence-corrected chi connectivity index (χ0v) is 10.8. The van der Waals surface area contributed by atoms with Crippen molar-refractivity contribution in [3.8, 4) is 5.75 Å². The zero-order valence-electron chi connectivity index (χ0n) is 9.26. The number of hydrogen-bond donors (Lipinski definition) is 0. The second-order valence-electron chi connectivity index (χ2n) is 3.50. The van der Waals surface area contributed by atoms with E-state index in [-0.39, 0.29) is 5.69 Å². The van der Waals surface area contributed by atoms with Gasteiger partial charge in [0.25, 0.3) is 0 Å². The largest absolute Gasteiger partial charge is 0.496 e. The molecule has 4 nitrogen and oxygen atoms in total. The van der Waals surface area contributed by atoms with E-state index in [1.165, 1.54) is 6.20 Å². The molecule has 0 unspecified atom stereocenters. The fourth-order valence-corrected chi connectivity index (χ4v) is 2.10. The Morgan fingerprint density at radius 1 is 1.47 bits per heavy atom. The van der Waals surface area contributed by atoms with Crippen LogP contribution in [-0.4, -0.2) is 16.7 Å². The van der Waals surface area contributed by atoms with Gasteiger partial charge in [0, 0.05) is 12.4 Å². The van der Waals surface area contributed by atoms with Crippen LogP contribution < -0.4 is 10.4 Å². The Balaban J connectivity index is 2.28. The van der Waals surface area contributed by atoms with Crippen molar-refractivity contribution >= 4 is 15.9 Å². The fraction of sp³-hybridized carbons (Fsp3) is 0.167. The first-order valence-corrected chi connectivity index (χ1v) is 5.84. The average molecular weight is 295 g/mol. The summed E-state index contributed by atoms with van der Waals surface area (Å²) >= 11 is 3.41. The lowest BCUT2D eigenvalue weighted by Gasteiger charge is -2.07. The van der Waals surface area contributed by atoms with Crippen molar-refractivity contribution in [2.75, 3.05) is 7.11 Å². The maximum atomic E-state index is 11.4. The molecule has 0 aliphatic carbocycles. The molecule has 0 aliphatic heterocycles. The Labute approximate surface area is 107 Å². The lowest BCUT2D eigenvalue weighted by atomic mass is 10.2. The molecule has 88 valence electrons. The number of halogens is 1. The van der Waals surface area contributed by atoms with E-state index in [1.807, 2.05) is 18.2 Å². The summed E-state index contributed by atoms with van der Waals surface area (Å²) in [6.07, 6.45) is 3.20. The second kappa shape index (κ2) is 5.14. The van der Waals surface area contributed by atoms with Crippen LogP contribution in [0.5, 0.6) is 5.75 Å². The number of hydrogen-bond acceptors (Lipinski definition) is 3. The number of benzene rings is 1. The quantitative estimate of drug-likeness (QED) is 0.870. The highest BCUT2D eigenvalue weighted by molar-refractivity contribution is 9.10. The van der Waals surface area contributed by atoms with Gasteiger partial charge in [-0.2, -0.15) is 0 Å². The highest BCUT2D eigenvalue weighted by Crippen LogP contribution is 2.25. The molecule has 0 amide bonds. The van der Waals surface area contributed by atoms with Gasteiger partial charge in [-0.15, -0.1) is 0 Å². The minimum Gasteiger partial charge on any atom is -0.496 e. The Bertz CT molecular complexity index is 581. The van der Waals surface area contributed by atoms with E-state index >= 15 is 0 Å². The van der Waals surface area contributed by atoms with Gasteiger partial charge in [-0.25, -0.2) is 9.78 Å². The van der Waals surface area contributed by atoms with E-state index in [2.05, 4.69) is 20.9 Å². The van der Waals surface area contributed by atoms with E-state index in [0.29, 0.717) is 6.54 Å². The van der Waals surface area contributed by atoms with Crippen LogP contribution in [0.2, 0.25) is 0 Å². The molecule has 0 fully saturated rings. The van der Waals surface area contributed by atoms with Crippen molar-refractivity contribution in [2.24, 2.45) is 0 Å². The van der Waals surface area contributed by atoms with Crippen molar-refractivity contribution in [3.05, 3.63) is 57.2 Å². The monoisotopic (exact) mass is 294 g/mol. The minimum absolute atomic E-state index is 0.251. The molecule has 0 atom stereocenters. The lowest BCUT2D eigenvalue weighted by Crippen LogP contribution is -2.21. The predicted octanol–water partition coefficient (Wildman–Crippen LogP) is 2.06. The first-order valence-electron chi connectivity index (χ1n) is 5.04. The summed E-state index contributed by atoms with van der Waals surface area (Å²) in [5.41, 5.74) is 0.757. The molecule has 0 N–H and O–H groups in total. The van der Waals surface area contributed by atoms with Crippen LogP contribution in [-0.2, 0) is 6.54 Å². The zero-order chi connectivity index (χ0) is 12.3. The topological polar surface area (TPSA) is 44.1 Å². The van der Waals surface area contributed by atoms with Crippen LogP contribution in [0, 0.1) is 0 Å². The summed E-state index contributed by atoms with van der Waals surface area (Å²) in [6, 6.07) is 7.45. The number of ether oxygens (including phenoxy) is 1. The number of nitrogens with zero attached hydrogens (tertiary/aromatic N) is 2. The van der Waals surface area contributed by atoms with E-state index in [1.54, 1.807) is 23.9 Å². The van der Waals surface area contributed by atoms with E-state index in [4.69, 9.17) is 4.74 Å². The lowest BCUT2D eigenvalue weighted by molar-refractivity contribution is 0.412. The molecule has 0 saturated carbocycles. The van der Waals surface area contributed by atoms with Crippen LogP contribution in [0.4, 0.5) is 0 Å². The predicted molar refractivity (Wildman–Crippen MR) is 68.3 cm³/mol. The summed E-state index contributed by atoms with van der Waals surface area (Å²) in [4.78, 5) is 15.1. The van der Waals surface area contributed by atoms with Crippen LogP contribution in [0.1, 0.15) is 5.56 Å². The van der Waals surface area contributed by atoms with Gasteiger partial charge in [-0.1, -0.05) is 6.07 Å². The molecule has 2 rings (SSSR count). The molecule has 1 aromatic heterocycles. The summed E-state index contributed by atoms with van der Waals surface area (Å²) in [7, 11) is 1.62. The highest BCUT2D eigenvalue weighted by atomic mass is 79.9. The SMILES string of the molecule is COc1ccc(Cn2cccnc2=O)cc1Br. The maximum Gasteiger partial charge on any atom is 0.347 e. The van der Waals surface area contributed by atoms with Crippen LogP contribution in [0.25, 0.3) is 0 Å². The van der Waals surface area contributed by atoms with Gasteiger partial charge in [-0.3, -0.25) is 4.57 Å². The Kier molecular flexibility index (Phi) is 3.58. The van der Waals surface area contributed by atoms with Gasteiger partial charge in [-0.05, 0) is 39.7 Å². The highest BCUT2D eigenvalue weighted by Gasteiger charge is 2.03. The Hall–Kier alpha value is -1.62. The molecule has 0 aliphatic rings. The molecular formula is C12H11BrN2O2. The standard InChI is InChI=1S/C12H11BrN2O2/c1-17-11-4-3-9(7-10(11)13)8-15-6-2-5-14-12(15)16/h2-7H,8H2,1H3. The van der Waals surface area contributed by atoms with Crippen molar-refractivity contribution in [3.63, 3.8) is 0 Å². The minimum atomic E-state index is -0.251. The van der Waals surface area contributed by atoms with Crippen LogP contribution in [0.3, 0.4) is 0 Å². The van der Waals surface area contributed by atoms with Gasteiger partial charge < -0.3 is 4.74 Å². The summed E-state index contributed by atoms with van der Waals surface area (Å²) in [6.45, 7) is 0.495. The van der Waals surface area contributed by atoms with E-state index < -0.39 is 0 Å². The summed E-state index contributed by atoms with van der Waals surface area (Å²) < 4.78 is 7.57. The molecule has 1 aromatic carbocycles. The molecule has 5 heteroatoms. The molecule has 0 saturated heterocycles. The molecule has 2 aromatic rings. The van der Waals surface area contributed by atoms with Crippen molar-refractivity contribution in [2.45, 2.75) is 6.54 Å². The molecule has 0 radical (unpaired) electrons. The van der Waals surface area contributed by atoms with Crippen LogP contribution >= 0.6 is 15.9 Å². The second-order valence-corrected chi connectivity index (χ2v) is 4.35. The Morgan fingerprint density at radius 3 is 2.94 bits per heavy atom. The number of methoxy groups -OCH3 is 1. The normalized spacial score (nSPS) is 10.2. The first-order chi connectivity index (χ1) is 8.20. The Morgan fingerprint density at radius 2 is 2.29 bits per heavy atom. The van der Waals surface area contributed by atoms with Gasteiger partial charge in [0.1, 0.15) is 5.75 Å². The van der Waals surface area contributed by atoms with Crippen molar-refractivity contribution < 1.29 is 4.74 Å². The third-order valence-electron chi connectivity index (χ3n) is 2.35. The number of aromatic nitrogens is 2. The van der Waals surface area contributed by atoms with E-state index in [9.17, 15) is 4.79 Å². The molecule has 1 heterocycles. The van der Waals surface area contributed by atoms with Crippen LogP contribution in [0.15, 0.2) is 45.9 Å². The first kappa shape index (κ1) is 11.9. The number of rotatable bonds is 3. The van der Waals surface area contributed by atoms with Gasteiger partial charge in [0.05, 0.1) is 18.1 Å². The smallest absolute Gasteiger partial charge is 0.347 e. The summed E-state index contributed by atoms with van der Waals surface area (Å²) in [5.74, 6) is 0.771. The third kappa shape index (κ3) is 2.74. The van der Waals surface area contributed by atoms with Crippen molar-refractivity contribution in [1.82, 2.24) is 9.55 Å². The van der Waals surface area contributed by atoms with Gasteiger partial charge in [0.15, 0.2) is 0 Å². The maximum absolute atomic E-state index is 11.4. The van der Waals surface area contributed by atoms with Gasteiger partial charge in [0.2, 0.25) is 0 Å². The third-order valence-corrected chi connectivity index (χ3v) is 2.97. The molecule has 0 spiro atoms.